The van der Waals surface area contributed by atoms with Gasteiger partial charge >= 0.3 is 16.0 Å². The first-order valence-corrected chi connectivity index (χ1v) is 7.91. The monoisotopic (exact) mass is 351 g/mol. The van der Waals surface area contributed by atoms with Crippen LogP contribution in [0, 0.1) is 0 Å². The number of carbonyl (C=O) groups is 1. The fourth-order valence-corrected chi connectivity index (χ4v) is 2.69. The summed E-state index contributed by atoms with van der Waals surface area (Å²) >= 11 is 0. The molecule has 0 aliphatic carbocycles. The number of hydroxylamine groups is 2. The SMILES string of the molecule is COc1ccc(C(=O)O)cc1S(=O)(=O)N=N/C=C1\C=CC=CN1O. The highest BCUT2D eigenvalue weighted by atomic mass is 32.2. The van der Waals surface area contributed by atoms with Crippen LogP contribution >= 0.6 is 0 Å². The molecule has 10 heteroatoms. The molecule has 1 aromatic carbocycles. The zero-order chi connectivity index (χ0) is 17.7. The van der Waals surface area contributed by atoms with Crippen LogP contribution in [0.3, 0.4) is 0 Å². The number of methoxy groups -OCH3 is 1. The molecule has 1 aliphatic rings. The molecule has 0 radical (unpaired) electrons. The zero-order valence-corrected chi connectivity index (χ0v) is 13.2. The summed E-state index contributed by atoms with van der Waals surface area (Å²) in [5.74, 6) is -1.35. The summed E-state index contributed by atoms with van der Waals surface area (Å²) < 4.78 is 32.6. The lowest BCUT2D eigenvalue weighted by atomic mass is 10.2. The molecule has 9 nitrogen and oxygen atoms in total. The highest BCUT2D eigenvalue weighted by Gasteiger charge is 2.21. The second kappa shape index (κ2) is 7.06. The van der Waals surface area contributed by atoms with E-state index in [-0.39, 0.29) is 17.0 Å². The van der Waals surface area contributed by atoms with Gasteiger partial charge in [-0.25, -0.2) is 9.86 Å². The summed E-state index contributed by atoms with van der Waals surface area (Å²) in [5, 5.41) is 22.6. The molecule has 126 valence electrons. The average Bonchev–Trinajstić information content (AvgIpc) is 2.55. The Bertz CT molecular complexity index is 870. The van der Waals surface area contributed by atoms with E-state index in [1.807, 2.05) is 0 Å². The van der Waals surface area contributed by atoms with Crippen LogP contribution in [-0.2, 0) is 10.0 Å². The van der Waals surface area contributed by atoms with Gasteiger partial charge in [-0.3, -0.25) is 5.21 Å². The van der Waals surface area contributed by atoms with E-state index in [1.165, 1.54) is 31.5 Å². The van der Waals surface area contributed by atoms with E-state index in [9.17, 15) is 18.4 Å². The van der Waals surface area contributed by atoms with Crippen molar-refractivity contribution in [2.75, 3.05) is 7.11 Å². The molecule has 0 saturated carbocycles. The number of benzene rings is 1. The Morgan fingerprint density at radius 1 is 1.33 bits per heavy atom. The molecule has 0 saturated heterocycles. The van der Waals surface area contributed by atoms with Crippen molar-refractivity contribution >= 4 is 16.0 Å². The summed E-state index contributed by atoms with van der Waals surface area (Å²) in [6, 6.07) is 3.36. The fourth-order valence-electron chi connectivity index (χ4n) is 1.75. The predicted molar refractivity (Wildman–Crippen MR) is 82.0 cm³/mol. The van der Waals surface area contributed by atoms with Crippen molar-refractivity contribution in [1.29, 1.82) is 0 Å². The number of rotatable bonds is 5. The Morgan fingerprint density at radius 3 is 2.71 bits per heavy atom. The standard InChI is InChI=1S/C14H13N3O6S/c1-23-12-6-5-10(14(18)19)8-13(12)24(21,22)16-15-9-11-4-2-3-7-17(11)20/h2-9,20H,1H3,(H,18,19)/b11-9+,16-15?. The third-order valence-electron chi connectivity index (χ3n) is 2.90. The molecule has 0 spiro atoms. The smallest absolute Gasteiger partial charge is 0.335 e. The lowest BCUT2D eigenvalue weighted by Gasteiger charge is -2.13. The van der Waals surface area contributed by atoms with Crippen LogP contribution < -0.4 is 4.74 Å². The van der Waals surface area contributed by atoms with Gasteiger partial charge in [0.1, 0.15) is 10.6 Å². The Kier molecular flexibility index (Phi) is 5.11. The molecular weight excluding hydrogens is 338 g/mol. The number of ether oxygens (including phenoxy) is 1. The van der Waals surface area contributed by atoms with Gasteiger partial charge in [0.15, 0.2) is 0 Å². The lowest BCUT2D eigenvalue weighted by molar-refractivity contribution is -0.000515. The zero-order valence-electron chi connectivity index (χ0n) is 12.4. The largest absolute Gasteiger partial charge is 0.495 e. The highest BCUT2D eigenvalue weighted by Crippen LogP contribution is 2.27. The van der Waals surface area contributed by atoms with E-state index in [2.05, 4.69) is 9.63 Å². The van der Waals surface area contributed by atoms with Crippen LogP contribution in [0.15, 0.2) is 69.1 Å². The van der Waals surface area contributed by atoms with E-state index < -0.39 is 20.9 Å². The molecule has 2 rings (SSSR count). The summed E-state index contributed by atoms with van der Waals surface area (Å²) in [4.78, 5) is 10.6. The number of aromatic carboxylic acids is 1. The van der Waals surface area contributed by atoms with Crippen molar-refractivity contribution < 1.29 is 28.3 Å². The second-order valence-electron chi connectivity index (χ2n) is 4.44. The molecular formula is C14H13N3O6S. The van der Waals surface area contributed by atoms with Crippen LogP contribution in [0.25, 0.3) is 0 Å². The molecule has 0 bridgehead atoms. The number of nitrogens with zero attached hydrogens (tertiary/aromatic N) is 3. The lowest BCUT2D eigenvalue weighted by Crippen LogP contribution is -2.10. The van der Waals surface area contributed by atoms with Crippen LogP contribution in [0.1, 0.15) is 10.4 Å². The molecule has 1 aromatic rings. The molecule has 0 amide bonds. The number of carboxylic acid groups (broad SMARTS) is 1. The van der Waals surface area contributed by atoms with Gasteiger partial charge in [-0.15, -0.1) is 5.11 Å². The van der Waals surface area contributed by atoms with Crippen molar-refractivity contribution in [1.82, 2.24) is 5.06 Å². The highest BCUT2D eigenvalue weighted by molar-refractivity contribution is 7.90. The van der Waals surface area contributed by atoms with Crippen molar-refractivity contribution in [3.8, 4) is 5.75 Å². The minimum atomic E-state index is -4.29. The minimum Gasteiger partial charge on any atom is -0.495 e. The van der Waals surface area contributed by atoms with Gasteiger partial charge in [0, 0.05) is 6.20 Å². The summed E-state index contributed by atoms with van der Waals surface area (Å²) in [6.07, 6.45) is 7.02. The third-order valence-corrected chi connectivity index (χ3v) is 4.09. The number of hydrogen-bond donors (Lipinski definition) is 2. The average molecular weight is 351 g/mol. The Morgan fingerprint density at radius 2 is 2.08 bits per heavy atom. The molecule has 1 heterocycles. The fraction of sp³-hybridized carbons (Fsp3) is 0.0714. The van der Waals surface area contributed by atoms with Crippen LogP contribution in [0.4, 0.5) is 0 Å². The van der Waals surface area contributed by atoms with Crippen LogP contribution in [-0.4, -0.2) is 36.9 Å². The van der Waals surface area contributed by atoms with Gasteiger partial charge in [-0.2, -0.15) is 8.42 Å². The van der Waals surface area contributed by atoms with Gasteiger partial charge in [-0.05, 0) is 30.4 Å². The molecule has 0 fully saturated rings. The third kappa shape index (κ3) is 3.86. The van der Waals surface area contributed by atoms with E-state index in [0.717, 1.165) is 17.3 Å². The molecule has 0 aromatic heterocycles. The van der Waals surface area contributed by atoms with E-state index in [0.29, 0.717) is 0 Å². The number of sulfonamides is 1. The maximum absolute atomic E-state index is 12.2. The first-order valence-electron chi connectivity index (χ1n) is 6.47. The van der Waals surface area contributed by atoms with E-state index in [1.54, 1.807) is 12.2 Å². The van der Waals surface area contributed by atoms with Crippen LogP contribution in [0.5, 0.6) is 5.75 Å². The minimum absolute atomic E-state index is 0.0594. The van der Waals surface area contributed by atoms with Gasteiger partial charge in [0.2, 0.25) is 0 Å². The van der Waals surface area contributed by atoms with Crippen LogP contribution in [0.2, 0.25) is 0 Å². The Labute approximate surface area is 137 Å². The summed E-state index contributed by atoms with van der Waals surface area (Å²) in [6.45, 7) is 0. The Balaban J connectivity index is 2.36. The van der Waals surface area contributed by atoms with Gasteiger partial charge in [-0.1, -0.05) is 10.6 Å². The van der Waals surface area contributed by atoms with Gasteiger partial charge < -0.3 is 9.84 Å². The second-order valence-corrected chi connectivity index (χ2v) is 6.00. The summed E-state index contributed by atoms with van der Waals surface area (Å²) in [5.41, 5.74) is -0.0347. The quantitative estimate of drug-likeness (QED) is 0.778. The molecule has 24 heavy (non-hydrogen) atoms. The van der Waals surface area contributed by atoms with E-state index in [4.69, 9.17) is 9.84 Å². The molecule has 1 aliphatic heterocycles. The summed E-state index contributed by atoms with van der Waals surface area (Å²) in [7, 11) is -3.05. The first-order chi connectivity index (χ1) is 11.3. The maximum atomic E-state index is 12.2. The van der Waals surface area contributed by atoms with Gasteiger partial charge in [0.05, 0.1) is 24.6 Å². The van der Waals surface area contributed by atoms with E-state index >= 15 is 0 Å². The molecule has 2 N–H and O–H groups in total. The van der Waals surface area contributed by atoms with Gasteiger partial charge in [0.25, 0.3) is 0 Å². The normalized spacial score (nSPS) is 16.1. The number of allylic oxidation sites excluding steroid dienone is 3. The molecule has 0 unspecified atom stereocenters. The van der Waals surface area contributed by atoms with Crippen molar-refractivity contribution in [2.45, 2.75) is 4.90 Å². The van der Waals surface area contributed by atoms with Crippen molar-refractivity contribution in [2.24, 2.45) is 9.63 Å². The molecule has 0 atom stereocenters. The Hall–Kier alpha value is -2.98. The van der Waals surface area contributed by atoms with Crippen molar-refractivity contribution in [3.05, 3.63) is 60.1 Å². The maximum Gasteiger partial charge on any atom is 0.335 e. The predicted octanol–water partition coefficient (Wildman–Crippen LogP) is 2.15. The van der Waals surface area contributed by atoms with Crippen molar-refractivity contribution in [3.63, 3.8) is 0 Å². The number of carboxylic acids is 1. The number of hydrogen-bond acceptors (Lipinski definition) is 7. The topological polar surface area (TPSA) is 129 Å². The first kappa shape index (κ1) is 17.4.